The number of hydrogen-bond acceptors (Lipinski definition) is 7. The van der Waals surface area contributed by atoms with Crippen LogP contribution >= 0.6 is 0 Å². The molecule has 1 aromatic heterocycles. The second kappa shape index (κ2) is 5.45. The molecule has 0 fully saturated rings. The molecule has 2 aromatic rings. The van der Waals surface area contributed by atoms with Crippen LogP contribution in [0.1, 0.15) is 26.3 Å². The molecule has 4 rings (SSSR count). The van der Waals surface area contributed by atoms with Crippen molar-refractivity contribution in [2.75, 3.05) is 18.2 Å². The zero-order chi connectivity index (χ0) is 18.6. The monoisotopic (exact) mass is 354 g/mol. The number of nitrogens with one attached hydrogen (secondary N) is 2. The largest absolute Gasteiger partial charge is 0.467 e. The lowest BCUT2D eigenvalue weighted by atomic mass is 10.1. The van der Waals surface area contributed by atoms with E-state index in [-0.39, 0.29) is 22.9 Å². The molecular formula is C17H14N4O5. The first kappa shape index (κ1) is 15.9. The number of benzene rings is 1. The van der Waals surface area contributed by atoms with Crippen LogP contribution in [0.4, 0.5) is 11.5 Å². The van der Waals surface area contributed by atoms with E-state index in [1.54, 1.807) is 18.2 Å². The van der Waals surface area contributed by atoms with E-state index in [1.165, 1.54) is 7.11 Å². The molecular weight excluding hydrogens is 340 g/mol. The highest BCUT2D eigenvalue weighted by Gasteiger charge is 2.32. The van der Waals surface area contributed by atoms with Crippen LogP contribution in [0.3, 0.4) is 0 Å². The Morgan fingerprint density at radius 1 is 1.23 bits per heavy atom. The van der Waals surface area contributed by atoms with Crippen molar-refractivity contribution < 1.29 is 19.1 Å². The van der Waals surface area contributed by atoms with Crippen molar-refractivity contribution in [1.82, 2.24) is 9.88 Å². The fourth-order valence-corrected chi connectivity index (χ4v) is 3.30. The van der Waals surface area contributed by atoms with Gasteiger partial charge in [0.2, 0.25) is 0 Å². The number of anilines is 2. The molecule has 9 nitrogen and oxygen atoms in total. The molecule has 9 heteroatoms. The van der Waals surface area contributed by atoms with Gasteiger partial charge >= 0.3 is 5.97 Å². The van der Waals surface area contributed by atoms with E-state index < -0.39 is 23.4 Å². The van der Waals surface area contributed by atoms with Crippen molar-refractivity contribution >= 4 is 29.3 Å². The van der Waals surface area contributed by atoms with Crippen molar-refractivity contribution in [3.63, 3.8) is 0 Å². The number of pyridine rings is 1. The first-order valence-electron chi connectivity index (χ1n) is 7.79. The third kappa shape index (κ3) is 2.17. The van der Waals surface area contributed by atoms with Gasteiger partial charge in [-0.15, -0.1) is 0 Å². The van der Waals surface area contributed by atoms with E-state index in [0.29, 0.717) is 17.8 Å². The molecule has 1 unspecified atom stereocenters. The van der Waals surface area contributed by atoms with Gasteiger partial charge in [0.25, 0.3) is 17.4 Å². The van der Waals surface area contributed by atoms with Gasteiger partial charge in [-0.25, -0.2) is 4.79 Å². The van der Waals surface area contributed by atoms with Gasteiger partial charge < -0.3 is 15.8 Å². The van der Waals surface area contributed by atoms with Crippen LogP contribution in [0.5, 0.6) is 0 Å². The fraction of sp³-hybridized carbons (Fsp3) is 0.176. The average molecular weight is 354 g/mol. The molecule has 1 atom stereocenters. The predicted molar refractivity (Wildman–Crippen MR) is 91.4 cm³/mol. The maximum Gasteiger partial charge on any atom is 0.328 e. The van der Waals surface area contributed by atoms with Crippen LogP contribution in [0.15, 0.2) is 29.1 Å². The molecule has 3 heterocycles. The van der Waals surface area contributed by atoms with Crippen molar-refractivity contribution in [2.45, 2.75) is 12.5 Å². The highest BCUT2D eigenvalue weighted by atomic mass is 16.5. The van der Waals surface area contributed by atoms with Crippen LogP contribution in [-0.2, 0) is 16.0 Å². The molecule has 0 aliphatic carbocycles. The number of ether oxygens (including phenoxy) is 1. The standard InChI is InChI=1S/C17H14N4O5/c1-26-17(25)11-4-7-2-3-8(5-10(7)19-11)21-12(22)6-9-13(14(21)18)16(24)20-15(9)23/h2-3,5-6,11,19H,4,18H2,1H3,(H,20,23,24). The molecule has 4 N–H and O–H groups in total. The Morgan fingerprint density at radius 3 is 2.73 bits per heavy atom. The number of aromatic nitrogens is 1. The fourth-order valence-electron chi connectivity index (χ4n) is 3.30. The van der Waals surface area contributed by atoms with E-state index in [1.807, 2.05) is 0 Å². The normalized spacial score (nSPS) is 17.3. The van der Waals surface area contributed by atoms with E-state index in [0.717, 1.165) is 16.2 Å². The number of carbonyl (C=O) groups is 3. The average Bonchev–Trinajstić information content (AvgIpc) is 3.15. The molecule has 0 saturated heterocycles. The number of hydrogen-bond donors (Lipinski definition) is 3. The topological polar surface area (TPSA) is 133 Å². The molecule has 0 bridgehead atoms. The van der Waals surface area contributed by atoms with Crippen molar-refractivity contribution in [3.05, 3.63) is 51.3 Å². The van der Waals surface area contributed by atoms with Crippen LogP contribution in [0.2, 0.25) is 0 Å². The molecule has 132 valence electrons. The third-order valence-electron chi connectivity index (χ3n) is 4.54. The van der Waals surface area contributed by atoms with Crippen LogP contribution < -0.4 is 21.9 Å². The summed E-state index contributed by atoms with van der Waals surface area (Å²) in [5, 5.41) is 5.16. The zero-order valence-electron chi connectivity index (χ0n) is 13.7. The lowest BCUT2D eigenvalue weighted by Crippen LogP contribution is -2.28. The Morgan fingerprint density at radius 2 is 2.00 bits per heavy atom. The summed E-state index contributed by atoms with van der Waals surface area (Å²) in [4.78, 5) is 47.8. The number of methoxy groups -OCH3 is 1. The molecule has 0 radical (unpaired) electrons. The number of carbonyl (C=O) groups excluding carboxylic acids is 3. The quantitative estimate of drug-likeness (QED) is 0.503. The number of amides is 2. The van der Waals surface area contributed by atoms with Gasteiger partial charge in [0.1, 0.15) is 11.9 Å². The van der Waals surface area contributed by atoms with Gasteiger partial charge in [-0.05, 0) is 17.7 Å². The minimum atomic E-state index is -0.641. The Bertz CT molecular complexity index is 1060. The molecule has 26 heavy (non-hydrogen) atoms. The minimum absolute atomic E-state index is 0.0181. The number of esters is 1. The second-order valence-corrected chi connectivity index (χ2v) is 6.04. The highest BCUT2D eigenvalue weighted by molar-refractivity contribution is 6.23. The molecule has 0 spiro atoms. The molecule has 2 aliphatic heterocycles. The van der Waals surface area contributed by atoms with Crippen LogP contribution in [0.25, 0.3) is 5.69 Å². The Hall–Kier alpha value is -3.62. The maximum absolute atomic E-state index is 12.5. The molecule has 0 saturated carbocycles. The highest BCUT2D eigenvalue weighted by Crippen LogP contribution is 2.30. The number of imide groups is 1. The Kier molecular flexibility index (Phi) is 3.33. The molecule has 2 amide bonds. The summed E-state index contributed by atoms with van der Waals surface area (Å²) in [6, 6.07) is 5.69. The Balaban J connectivity index is 1.81. The lowest BCUT2D eigenvalue weighted by Gasteiger charge is -2.13. The summed E-state index contributed by atoms with van der Waals surface area (Å²) in [7, 11) is 1.32. The number of fused-ring (bicyclic) bond motifs is 2. The SMILES string of the molecule is COC(=O)C1Cc2ccc(-n3c(N)c4c(cc3=O)C(=O)NC4=O)cc2N1. The van der Waals surface area contributed by atoms with E-state index >= 15 is 0 Å². The number of nitrogens with two attached hydrogens (primary N) is 1. The van der Waals surface area contributed by atoms with Crippen LogP contribution in [0, 0.1) is 0 Å². The van der Waals surface area contributed by atoms with E-state index in [4.69, 9.17) is 10.5 Å². The Labute approximate surface area is 146 Å². The van der Waals surface area contributed by atoms with Gasteiger partial charge in [-0.3, -0.25) is 24.3 Å². The molecule has 1 aromatic carbocycles. The number of rotatable bonds is 2. The molecule has 2 aliphatic rings. The summed E-state index contributed by atoms with van der Waals surface area (Å²) in [6.07, 6.45) is 0.466. The van der Waals surface area contributed by atoms with Crippen molar-refractivity contribution in [3.8, 4) is 5.69 Å². The lowest BCUT2D eigenvalue weighted by molar-refractivity contribution is -0.141. The first-order chi connectivity index (χ1) is 12.4. The van der Waals surface area contributed by atoms with Gasteiger partial charge in [0, 0.05) is 18.2 Å². The summed E-state index contributed by atoms with van der Waals surface area (Å²) in [5.41, 5.74) is 7.42. The maximum atomic E-state index is 12.5. The summed E-state index contributed by atoms with van der Waals surface area (Å²) in [6.45, 7) is 0. The van der Waals surface area contributed by atoms with E-state index in [9.17, 15) is 19.2 Å². The summed E-state index contributed by atoms with van der Waals surface area (Å²) < 4.78 is 5.89. The van der Waals surface area contributed by atoms with E-state index in [2.05, 4.69) is 10.6 Å². The second-order valence-electron chi connectivity index (χ2n) is 6.04. The van der Waals surface area contributed by atoms with Crippen LogP contribution in [-0.4, -0.2) is 35.5 Å². The zero-order valence-corrected chi connectivity index (χ0v) is 13.7. The third-order valence-corrected chi connectivity index (χ3v) is 4.54. The van der Waals surface area contributed by atoms with Gasteiger partial charge in [-0.1, -0.05) is 6.07 Å². The first-order valence-corrected chi connectivity index (χ1v) is 7.79. The number of nitrogens with zero attached hydrogens (tertiary/aromatic N) is 1. The van der Waals surface area contributed by atoms with Gasteiger partial charge in [0.05, 0.1) is 23.9 Å². The number of nitrogen functional groups attached to an aromatic ring is 1. The van der Waals surface area contributed by atoms with Crippen molar-refractivity contribution in [2.24, 2.45) is 0 Å². The smallest absolute Gasteiger partial charge is 0.328 e. The predicted octanol–water partition coefficient (Wildman–Crippen LogP) is -0.187. The summed E-state index contributed by atoms with van der Waals surface area (Å²) in [5.74, 6) is -1.77. The summed E-state index contributed by atoms with van der Waals surface area (Å²) >= 11 is 0. The van der Waals surface area contributed by atoms with Gasteiger partial charge in [0.15, 0.2) is 0 Å². The van der Waals surface area contributed by atoms with Gasteiger partial charge in [-0.2, -0.15) is 0 Å². The van der Waals surface area contributed by atoms with Crippen molar-refractivity contribution in [1.29, 1.82) is 0 Å². The minimum Gasteiger partial charge on any atom is -0.467 e.